The number of halogens is 2. The fraction of sp³-hybridized carbons (Fsp3) is 0.188. The Morgan fingerprint density at radius 2 is 2.00 bits per heavy atom. The van der Waals surface area contributed by atoms with Crippen LogP contribution in [0.1, 0.15) is 22.8 Å². The van der Waals surface area contributed by atoms with Crippen molar-refractivity contribution >= 4 is 39.1 Å². The molecule has 0 atom stereocenters. The van der Waals surface area contributed by atoms with Crippen LogP contribution < -0.4 is 10.6 Å². The first-order chi connectivity index (χ1) is 10.1. The predicted octanol–water partition coefficient (Wildman–Crippen LogP) is 4.46. The minimum Gasteiger partial charge on any atom is -0.322 e. The number of nitrogens with one attached hydrogen (secondary N) is 2. The number of carbonyl (C=O) groups is 1. The highest BCUT2D eigenvalue weighted by Gasteiger charge is 2.10. The minimum absolute atomic E-state index is 0.156. The van der Waals surface area contributed by atoms with E-state index in [-0.39, 0.29) is 5.91 Å². The molecule has 0 saturated heterocycles. The summed E-state index contributed by atoms with van der Waals surface area (Å²) in [5.74, 6) is -0.156. The van der Waals surface area contributed by atoms with Gasteiger partial charge in [0.1, 0.15) is 0 Å². The van der Waals surface area contributed by atoms with Gasteiger partial charge in [0.25, 0.3) is 5.91 Å². The number of amides is 1. The molecule has 1 amide bonds. The molecule has 0 unspecified atom stereocenters. The third-order valence-electron chi connectivity index (χ3n) is 3.01. The van der Waals surface area contributed by atoms with Crippen molar-refractivity contribution in [2.75, 3.05) is 11.9 Å². The molecule has 0 bridgehead atoms. The van der Waals surface area contributed by atoms with Crippen LogP contribution in [0.25, 0.3) is 0 Å². The Kier molecular flexibility index (Phi) is 5.79. The normalized spacial score (nSPS) is 10.4. The van der Waals surface area contributed by atoms with Gasteiger partial charge in [0.15, 0.2) is 0 Å². The van der Waals surface area contributed by atoms with Gasteiger partial charge in [-0.15, -0.1) is 0 Å². The van der Waals surface area contributed by atoms with Gasteiger partial charge in [0.2, 0.25) is 0 Å². The van der Waals surface area contributed by atoms with E-state index < -0.39 is 0 Å². The summed E-state index contributed by atoms with van der Waals surface area (Å²) in [6, 6.07) is 12.9. The van der Waals surface area contributed by atoms with Crippen LogP contribution in [0.3, 0.4) is 0 Å². The van der Waals surface area contributed by atoms with E-state index in [1.54, 1.807) is 18.2 Å². The summed E-state index contributed by atoms with van der Waals surface area (Å²) in [6.07, 6.45) is 0. The summed E-state index contributed by atoms with van der Waals surface area (Å²) < 4.78 is 0.706. The van der Waals surface area contributed by atoms with Gasteiger partial charge in [-0.2, -0.15) is 0 Å². The lowest BCUT2D eigenvalue weighted by Gasteiger charge is -2.11. The Hall–Kier alpha value is -1.36. The molecule has 110 valence electrons. The molecule has 0 radical (unpaired) electrons. The fourth-order valence-electron chi connectivity index (χ4n) is 1.89. The molecule has 0 saturated carbocycles. The van der Waals surface area contributed by atoms with E-state index in [4.69, 9.17) is 11.6 Å². The van der Waals surface area contributed by atoms with E-state index in [0.29, 0.717) is 15.1 Å². The molecule has 0 aliphatic carbocycles. The van der Waals surface area contributed by atoms with E-state index in [1.165, 1.54) is 0 Å². The smallest absolute Gasteiger partial charge is 0.255 e. The van der Waals surface area contributed by atoms with Crippen molar-refractivity contribution in [3.8, 4) is 0 Å². The predicted molar refractivity (Wildman–Crippen MR) is 90.9 cm³/mol. The van der Waals surface area contributed by atoms with E-state index in [9.17, 15) is 4.79 Å². The number of anilines is 1. The summed E-state index contributed by atoms with van der Waals surface area (Å²) in [7, 11) is 0. The maximum Gasteiger partial charge on any atom is 0.255 e. The second kappa shape index (κ2) is 7.59. The quantitative estimate of drug-likeness (QED) is 0.819. The molecule has 21 heavy (non-hydrogen) atoms. The van der Waals surface area contributed by atoms with E-state index in [1.807, 2.05) is 31.2 Å². The molecule has 2 aromatic carbocycles. The van der Waals surface area contributed by atoms with Gasteiger partial charge >= 0.3 is 0 Å². The molecule has 2 N–H and O–H groups in total. The highest BCUT2D eigenvalue weighted by atomic mass is 79.9. The Labute approximate surface area is 137 Å². The van der Waals surface area contributed by atoms with Crippen LogP contribution in [0.4, 0.5) is 5.69 Å². The molecule has 0 aliphatic rings. The SMILES string of the molecule is CCNCc1ccccc1NC(=O)c1ccc(Cl)c(Br)c1. The maximum atomic E-state index is 12.3. The Morgan fingerprint density at radius 3 is 2.71 bits per heavy atom. The molecule has 0 aromatic heterocycles. The molecule has 0 spiro atoms. The molecule has 5 heteroatoms. The lowest BCUT2D eigenvalue weighted by Crippen LogP contribution is -2.17. The largest absolute Gasteiger partial charge is 0.322 e. The molecular formula is C16H16BrClN2O. The van der Waals surface area contributed by atoms with Crippen LogP contribution in [-0.4, -0.2) is 12.5 Å². The third-order valence-corrected chi connectivity index (χ3v) is 4.23. The minimum atomic E-state index is -0.156. The molecule has 0 heterocycles. The Balaban J connectivity index is 2.17. The van der Waals surface area contributed by atoms with Crippen LogP contribution in [0.5, 0.6) is 0 Å². The monoisotopic (exact) mass is 366 g/mol. The van der Waals surface area contributed by atoms with Gasteiger partial charge in [-0.25, -0.2) is 0 Å². The summed E-state index contributed by atoms with van der Waals surface area (Å²) >= 11 is 9.27. The van der Waals surface area contributed by atoms with Crippen LogP contribution in [0, 0.1) is 0 Å². The number of hydrogen-bond acceptors (Lipinski definition) is 2. The Bertz CT molecular complexity index is 646. The zero-order chi connectivity index (χ0) is 15.2. The van der Waals surface area contributed by atoms with Crippen molar-refractivity contribution in [1.29, 1.82) is 0 Å². The summed E-state index contributed by atoms with van der Waals surface area (Å²) in [5, 5.41) is 6.78. The summed E-state index contributed by atoms with van der Waals surface area (Å²) in [5.41, 5.74) is 2.43. The fourth-order valence-corrected chi connectivity index (χ4v) is 2.38. The van der Waals surface area contributed by atoms with Crippen molar-refractivity contribution in [2.45, 2.75) is 13.5 Å². The maximum absolute atomic E-state index is 12.3. The zero-order valence-corrected chi connectivity index (χ0v) is 14.0. The van der Waals surface area contributed by atoms with Crippen molar-refractivity contribution in [1.82, 2.24) is 5.32 Å². The van der Waals surface area contributed by atoms with Crippen LogP contribution in [-0.2, 0) is 6.54 Å². The summed E-state index contributed by atoms with van der Waals surface area (Å²) in [4.78, 5) is 12.3. The highest BCUT2D eigenvalue weighted by molar-refractivity contribution is 9.10. The second-order valence-electron chi connectivity index (χ2n) is 4.52. The van der Waals surface area contributed by atoms with Gasteiger partial charge in [-0.1, -0.05) is 36.7 Å². The van der Waals surface area contributed by atoms with Crippen molar-refractivity contribution in [3.05, 3.63) is 63.1 Å². The molecule has 2 aromatic rings. The standard InChI is InChI=1S/C16H16BrClN2O/c1-2-19-10-12-5-3-4-6-15(12)20-16(21)11-7-8-14(18)13(17)9-11/h3-9,19H,2,10H2,1H3,(H,20,21). The lowest BCUT2D eigenvalue weighted by atomic mass is 10.1. The van der Waals surface area contributed by atoms with E-state index in [0.717, 1.165) is 24.3 Å². The average molecular weight is 368 g/mol. The van der Waals surface area contributed by atoms with E-state index in [2.05, 4.69) is 26.6 Å². The van der Waals surface area contributed by atoms with Crippen LogP contribution >= 0.6 is 27.5 Å². The molecule has 2 rings (SSSR count). The third kappa shape index (κ3) is 4.30. The van der Waals surface area contributed by atoms with Gasteiger partial charge in [0.05, 0.1) is 5.02 Å². The number of carbonyl (C=O) groups excluding carboxylic acids is 1. The first-order valence-corrected chi connectivity index (χ1v) is 7.84. The van der Waals surface area contributed by atoms with Crippen molar-refractivity contribution in [2.24, 2.45) is 0 Å². The molecule has 0 aliphatic heterocycles. The molecular weight excluding hydrogens is 352 g/mol. The zero-order valence-electron chi connectivity index (χ0n) is 11.6. The van der Waals surface area contributed by atoms with Gasteiger partial charge in [-0.3, -0.25) is 4.79 Å². The highest BCUT2D eigenvalue weighted by Crippen LogP contribution is 2.24. The average Bonchev–Trinajstić information content (AvgIpc) is 2.49. The number of hydrogen-bond donors (Lipinski definition) is 2. The second-order valence-corrected chi connectivity index (χ2v) is 5.78. The number of rotatable bonds is 5. The van der Waals surface area contributed by atoms with Gasteiger partial charge < -0.3 is 10.6 Å². The molecule has 3 nitrogen and oxygen atoms in total. The molecule has 0 fully saturated rings. The van der Waals surface area contributed by atoms with Crippen molar-refractivity contribution in [3.63, 3.8) is 0 Å². The van der Waals surface area contributed by atoms with Crippen molar-refractivity contribution < 1.29 is 4.79 Å². The lowest BCUT2D eigenvalue weighted by molar-refractivity contribution is 0.102. The van der Waals surface area contributed by atoms with Gasteiger partial charge in [0, 0.05) is 22.3 Å². The van der Waals surface area contributed by atoms with Crippen LogP contribution in [0.15, 0.2) is 46.9 Å². The topological polar surface area (TPSA) is 41.1 Å². The first-order valence-electron chi connectivity index (χ1n) is 6.67. The van der Waals surface area contributed by atoms with E-state index >= 15 is 0 Å². The Morgan fingerprint density at radius 1 is 1.24 bits per heavy atom. The number of benzene rings is 2. The first kappa shape index (κ1) is 16.0. The van der Waals surface area contributed by atoms with Crippen LogP contribution in [0.2, 0.25) is 5.02 Å². The number of para-hydroxylation sites is 1. The van der Waals surface area contributed by atoms with Gasteiger partial charge in [-0.05, 0) is 52.3 Å². The summed E-state index contributed by atoms with van der Waals surface area (Å²) in [6.45, 7) is 3.65.